The highest BCUT2D eigenvalue weighted by Crippen LogP contribution is 2.28. The summed E-state index contributed by atoms with van der Waals surface area (Å²) in [4.78, 5) is 25.6. The number of rotatable bonds is 3. The standard InChI is InChI=1S/C15H22N2O4S2/c1-10(23(2,20)21)14(18)16-17-15(19)13-9-11-7-5-3-4-6-8-12(11)22-13/h9-10H,3-8H2,1-2H3,(H,16,18)(H,17,19)/t10-/m1/s1. The van der Waals surface area contributed by atoms with Gasteiger partial charge in [0.25, 0.3) is 11.8 Å². The van der Waals surface area contributed by atoms with Gasteiger partial charge >= 0.3 is 0 Å². The number of carbonyl (C=O) groups excluding carboxylic acids is 2. The van der Waals surface area contributed by atoms with E-state index in [1.807, 2.05) is 6.07 Å². The lowest BCUT2D eigenvalue weighted by Crippen LogP contribution is -2.47. The number of carbonyl (C=O) groups is 2. The zero-order valence-electron chi connectivity index (χ0n) is 13.3. The Balaban J connectivity index is 1.98. The van der Waals surface area contributed by atoms with Gasteiger partial charge in [-0.3, -0.25) is 20.4 Å². The van der Waals surface area contributed by atoms with Crippen molar-refractivity contribution in [3.8, 4) is 0 Å². The van der Waals surface area contributed by atoms with E-state index in [1.165, 1.54) is 41.5 Å². The fourth-order valence-corrected chi connectivity index (χ4v) is 4.03. The van der Waals surface area contributed by atoms with Crippen LogP contribution in [0.1, 0.15) is 52.7 Å². The molecule has 2 amide bonds. The van der Waals surface area contributed by atoms with Crippen LogP contribution >= 0.6 is 11.3 Å². The fraction of sp³-hybridized carbons (Fsp3) is 0.600. The van der Waals surface area contributed by atoms with Gasteiger partial charge in [-0.15, -0.1) is 11.3 Å². The highest BCUT2D eigenvalue weighted by Gasteiger charge is 2.24. The van der Waals surface area contributed by atoms with E-state index in [9.17, 15) is 18.0 Å². The van der Waals surface area contributed by atoms with Crippen LogP contribution in [0.5, 0.6) is 0 Å². The van der Waals surface area contributed by atoms with Crippen LogP contribution in [0.3, 0.4) is 0 Å². The number of hydrogen-bond acceptors (Lipinski definition) is 5. The number of hydrogen-bond donors (Lipinski definition) is 2. The van der Waals surface area contributed by atoms with Crippen molar-refractivity contribution in [3.05, 3.63) is 21.4 Å². The van der Waals surface area contributed by atoms with E-state index in [0.717, 1.165) is 31.9 Å². The average Bonchev–Trinajstić information content (AvgIpc) is 2.85. The first-order chi connectivity index (χ1) is 10.8. The lowest BCUT2D eigenvalue weighted by atomic mass is 10.00. The molecule has 0 aliphatic heterocycles. The minimum atomic E-state index is -3.49. The summed E-state index contributed by atoms with van der Waals surface area (Å²) in [7, 11) is -3.49. The van der Waals surface area contributed by atoms with Crippen molar-refractivity contribution < 1.29 is 18.0 Å². The molecule has 0 radical (unpaired) electrons. The second-order valence-electron chi connectivity index (χ2n) is 5.89. The molecule has 0 saturated heterocycles. The van der Waals surface area contributed by atoms with Crippen molar-refractivity contribution in [2.75, 3.05) is 6.26 Å². The summed E-state index contributed by atoms with van der Waals surface area (Å²) >= 11 is 1.45. The summed E-state index contributed by atoms with van der Waals surface area (Å²) in [5, 5.41) is -1.20. The van der Waals surface area contributed by atoms with E-state index in [0.29, 0.717) is 4.88 Å². The molecule has 2 N–H and O–H groups in total. The van der Waals surface area contributed by atoms with Gasteiger partial charge in [0.1, 0.15) is 5.25 Å². The molecule has 0 aromatic carbocycles. The number of fused-ring (bicyclic) bond motifs is 1. The lowest BCUT2D eigenvalue weighted by molar-refractivity contribution is -0.121. The Bertz CT molecular complexity index is 669. The fourth-order valence-electron chi connectivity index (χ4n) is 2.43. The Kier molecular flexibility index (Phi) is 5.80. The van der Waals surface area contributed by atoms with Gasteiger partial charge < -0.3 is 0 Å². The van der Waals surface area contributed by atoms with E-state index in [1.54, 1.807) is 0 Å². The summed E-state index contributed by atoms with van der Waals surface area (Å²) in [6, 6.07) is 1.88. The maximum Gasteiger partial charge on any atom is 0.279 e. The molecule has 0 saturated carbocycles. The number of hydrazine groups is 1. The Labute approximate surface area is 140 Å². The smallest absolute Gasteiger partial charge is 0.272 e. The zero-order valence-corrected chi connectivity index (χ0v) is 15.0. The van der Waals surface area contributed by atoms with E-state index in [2.05, 4.69) is 10.9 Å². The van der Waals surface area contributed by atoms with E-state index < -0.39 is 26.9 Å². The van der Waals surface area contributed by atoms with Crippen molar-refractivity contribution in [2.45, 2.75) is 50.7 Å². The Hall–Kier alpha value is -1.41. The first kappa shape index (κ1) is 17.9. The van der Waals surface area contributed by atoms with Gasteiger partial charge in [-0.2, -0.15) is 0 Å². The topological polar surface area (TPSA) is 92.3 Å². The van der Waals surface area contributed by atoms with E-state index in [4.69, 9.17) is 0 Å². The number of sulfone groups is 1. The molecule has 0 fully saturated rings. The van der Waals surface area contributed by atoms with E-state index in [-0.39, 0.29) is 0 Å². The summed E-state index contributed by atoms with van der Waals surface area (Å²) in [6.07, 6.45) is 7.67. The molecule has 0 unspecified atom stereocenters. The molecular formula is C15H22N2O4S2. The summed E-state index contributed by atoms with van der Waals surface area (Å²) < 4.78 is 22.6. The van der Waals surface area contributed by atoms with Crippen LogP contribution in [-0.4, -0.2) is 31.7 Å². The predicted octanol–water partition coefficient (Wildman–Crippen LogP) is 1.60. The van der Waals surface area contributed by atoms with Crippen molar-refractivity contribution in [1.29, 1.82) is 0 Å². The molecule has 1 aliphatic rings. The van der Waals surface area contributed by atoms with Crippen LogP contribution in [0.4, 0.5) is 0 Å². The quantitative estimate of drug-likeness (QED) is 0.803. The minimum Gasteiger partial charge on any atom is -0.272 e. The third-order valence-electron chi connectivity index (χ3n) is 4.03. The molecule has 1 atom stereocenters. The number of aryl methyl sites for hydroxylation is 2. The monoisotopic (exact) mass is 358 g/mol. The maximum absolute atomic E-state index is 12.1. The molecule has 1 aromatic rings. The second kappa shape index (κ2) is 7.44. The van der Waals surface area contributed by atoms with Gasteiger partial charge in [0, 0.05) is 11.1 Å². The largest absolute Gasteiger partial charge is 0.279 e. The van der Waals surface area contributed by atoms with Crippen LogP contribution in [-0.2, 0) is 27.5 Å². The summed E-state index contributed by atoms with van der Waals surface area (Å²) in [5.74, 6) is -1.15. The highest BCUT2D eigenvalue weighted by molar-refractivity contribution is 7.92. The molecule has 23 heavy (non-hydrogen) atoms. The maximum atomic E-state index is 12.1. The lowest BCUT2D eigenvalue weighted by Gasteiger charge is -2.10. The molecule has 128 valence electrons. The van der Waals surface area contributed by atoms with Gasteiger partial charge in [0.05, 0.1) is 4.88 Å². The molecule has 6 nitrogen and oxygen atoms in total. The van der Waals surface area contributed by atoms with Gasteiger partial charge in [-0.25, -0.2) is 8.42 Å². The Morgan fingerprint density at radius 1 is 1.13 bits per heavy atom. The van der Waals surface area contributed by atoms with Gasteiger partial charge in [0.15, 0.2) is 9.84 Å². The second-order valence-corrected chi connectivity index (χ2v) is 9.39. The van der Waals surface area contributed by atoms with Crippen LogP contribution < -0.4 is 10.9 Å². The van der Waals surface area contributed by atoms with Crippen LogP contribution in [0.25, 0.3) is 0 Å². The Morgan fingerprint density at radius 2 is 1.78 bits per heavy atom. The van der Waals surface area contributed by atoms with Gasteiger partial charge in [0.2, 0.25) is 0 Å². The van der Waals surface area contributed by atoms with Crippen molar-refractivity contribution in [1.82, 2.24) is 10.9 Å². The number of amides is 2. The van der Waals surface area contributed by atoms with E-state index >= 15 is 0 Å². The molecule has 1 aliphatic carbocycles. The molecular weight excluding hydrogens is 336 g/mol. The van der Waals surface area contributed by atoms with Gasteiger partial charge in [-0.1, -0.05) is 12.8 Å². The third kappa shape index (κ3) is 4.78. The number of thiophene rings is 1. The normalized spacial score (nSPS) is 16.6. The average molecular weight is 358 g/mol. The molecule has 0 bridgehead atoms. The first-order valence-electron chi connectivity index (χ1n) is 7.69. The van der Waals surface area contributed by atoms with Crippen molar-refractivity contribution in [3.63, 3.8) is 0 Å². The number of nitrogens with one attached hydrogen (secondary N) is 2. The Morgan fingerprint density at radius 3 is 2.43 bits per heavy atom. The van der Waals surface area contributed by atoms with Gasteiger partial charge in [-0.05, 0) is 44.2 Å². The SMILES string of the molecule is C[C@H](C(=O)NNC(=O)c1cc2c(s1)CCCCCC2)S(C)(=O)=O. The highest BCUT2D eigenvalue weighted by atomic mass is 32.2. The molecule has 0 spiro atoms. The summed E-state index contributed by atoms with van der Waals surface area (Å²) in [6.45, 7) is 1.29. The first-order valence-corrected chi connectivity index (χ1v) is 10.5. The zero-order chi connectivity index (χ0) is 17.0. The van der Waals surface area contributed by atoms with Crippen molar-refractivity contribution in [2.24, 2.45) is 0 Å². The van der Waals surface area contributed by atoms with Crippen LogP contribution in [0.2, 0.25) is 0 Å². The van der Waals surface area contributed by atoms with Crippen LogP contribution in [0, 0.1) is 0 Å². The summed E-state index contributed by atoms with van der Waals surface area (Å²) in [5.41, 5.74) is 5.70. The van der Waals surface area contributed by atoms with Crippen molar-refractivity contribution >= 4 is 33.0 Å². The van der Waals surface area contributed by atoms with Crippen LogP contribution in [0.15, 0.2) is 6.07 Å². The molecule has 1 aromatic heterocycles. The minimum absolute atomic E-state index is 0.407. The molecule has 2 rings (SSSR count). The predicted molar refractivity (Wildman–Crippen MR) is 90.1 cm³/mol. The molecule has 8 heteroatoms. The molecule has 1 heterocycles. The third-order valence-corrected chi connectivity index (χ3v) is 6.77.